The summed E-state index contributed by atoms with van der Waals surface area (Å²) in [5, 5.41) is 4.65. The van der Waals surface area contributed by atoms with E-state index in [0.29, 0.717) is 0 Å². The highest BCUT2D eigenvalue weighted by molar-refractivity contribution is 5.82. The molecular weight excluding hydrogens is 256 g/mol. The fraction of sp³-hybridized carbons (Fsp3) is 0.211. The molecule has 2 aromatic carbocycles. The number of nitrogens with zero attached hydrogens (tertiary/aromatic N) is 1. The van der Waals surface area contributed by atoms with Crippen LogP contribution >= 0.6 is 0 Å². The van der Waals surface area contributed by atoms with Gasteiger partial charge >= 0.3 is 0 Å². The Morgan fingerprint density at radius 2 is 1.71 bits per heavy atom. The summed E-state index contributed by atoms with van der Waals surface area (Å²) in [4.78, 5) is 4.59. The minimum Gasteiger partial charge on any atom is -0.309 e. The molecular formula is C19H20N2. The van der Waals surface area contributed by atoms with Gasteiger partial charge in [0.1, 0.15) is 0 Å². The molecule has 1 N–H and O–H groups in total. The molecule has 0 bridgehead atoms. The van der Waals surface area contributed by atoms with Crippen LogP contribution in [-0.2, 0) is 6.42 Å². The highest BCUT2D eigenvalue weighted by Gasteiger charge is 2.17. The van der Waals surface area contributed by atoms with Gasteiger partial charge in [0, 0.05) is 11.6 Å². The predicted molar refractivity (Wildman–Crippen MR) is 88.5 cm³/mol. The Morgan fingerprint density at radius 1 is 0.952 bits per heavy atom. The van der Waals surface area contributed by atoms with Crippen LogP contribution in [0, 0.1) is 0 Å². The monoisotopic (exact) mass is 276 g/mol. The van der Waals surface area contributed by atoms with Gasteiger partial charge in [-0.25, -0.2) is 0 Å². The highest BCUT2D eigenvalue weighted by atomic mass is 14.9. The van der Waals surface area contributed by atoms with Crippen molar-refractivity contribution in [2.75, 3.05) is 7.05 Å². The summed E-state index contributed by atoms with van der Waals surface area (Å²) in [6.07, 6.45) is 2.90. The van der Waals surface area contributed by atoms with Gasteiger partial charge < -0.3 is 5.32 Å². The molecule has 3 rings (SSSR count). The zero-order valence-corrected chi connectivity index (χ0v) is 12.5. The smallest absolute Gasteiger partial charge is 0.0753 e. The molecule has 0 radical (unpaired) electrons. The number of rotatable bonds is 4. The molecule has 1 unspecified atom stereocenters. The third-order valence-corrected chi connectivity index (χ3v) is 4.01. The largest absolute Gasteiger partial charge is 0.309 e. The van der Waals surface area contributed by atoms with Crippen LogP contribution in [0.4, 0.5) is 0 Å². The molecule has 0 aliphatic carbocycles. The van der Waals surface area contributed by atoms with Gasteiger partial charge in [0.25, 0.3) is 0 Å². The normalized spacial score (nSPS) is 12.5. The van der Waals surface area contributed by atoms with Gasteiger partial charge in [-0.3, -0.25) is 4.98 Å². The van der Waals surface area contributed by atoms with Gasteiger partial charge in [-0.2, -0.15) is 0 Å². The van der Waals surface area contributed by atoms with Crippen LogP contribution in [0.25, 0.3) is 10.9 Å². The van der Waals surface area contributed by atoms with E-state index >= 15 is 0 Å². The Bertz CT molecular complexity index is 744. The average molecular weight is 276 g/mol. The zero-order chi connectivity index (χ0) is 14.7. The molecule has 1 aromatic heterocycles. The molecule has 0 amide bonds. The minimum atomic E-state index is 0.166. The van der Waals surface area contributed by atoms with Crippen molar-refractivity contribution in [3.8, 4) is 0 Å². The standard InChI is InChI=1S/C19H20N2/c1-3-14-8-4-5-11-16(14)19(20-2)17-12-6-9-15-10-7-13-21-18(15)17/h4-13,19-20H,3H2,1-2H3. The number of aromatic nitrogens is 1. The molecule has 1 atom stereocenters. The summed E-state index contributed by atoms with van der Waals surface area (Å²) in [7, 11) is 2.01. The molecule has 0 saturated heterocycles. The van der Waals surface area contributed by atoms with Crippen LogP contribution in [0.3, 0.4) is 0 Å². The maximum Gasteiger partial charge on any atom is 0.0753 e. The SMILES string of the molecule is CCc1ccccc1C(NC)c1cccc2cccnc12. The van der Waals surface area contributed by atoms with Crippen LogP contribution in [0.1, 0.15) is 29.7 Å². The van der Waals surface area contributed by atoms with Crippen LogP contribution in [0.5, 0.6) is 0 Å². The lowest BCUT2D eigenvalue weighted by molar-refractivity contribution is 0.687. The molecule has 2 nitrogen and oxygen atoms in total. The molecule has 0 aliphatic heterocycles. The summed E-state index contributed by atoms with van der Waals surface area (Å²) >= 11 is 0. The lowest BCUT2D eigenvalue weighted by Crippen LogP contribution is -2.19. The van der Waals surface area contributed by atoms with Crippen LogP contribution in [0.15, 0.2) is 60.8 Å². The fourth-order valence-corrected chi connectivity index (χ4v) is 2.98. The van der Waals surface area contributed by atoms with E-state index in [9.17, 15) is 0 Å². The van der Waals surface area contributed by atoms with Gasteiger partial charge in [-0.15, -0.1) is 0 Å². The second-order valence-electron chi connectivity index (χ2n) is 5.20. The number of aryl methyl sites for hydroxylation is 1. The van der Waals surface area contributed by atoms with Gasteiger partial charge in [-0.05, 0) is 36.2 Å². The van der Waals surface area contributed by atoms with E-state index in [4.69, 9.17) is 0 Å². The van der Waals surface area contributed by atoms with Crippen molar-refractivity contribution in [1.82, 2.24) is 10.3 Å². The first-order valence-corrected chi connectivity index (χ1v) is 7.44. The molecule has 21 heavy (non-hydrogen) atoms. The van der Waals surface area contributed by atoms with Crippen molar-refractivity contribution in [1.29, 1.82) is 0 Å². The molecule has 3 aromatic rings. The topological polar surface area (TPSA) is 24.9 Å². The molecule has 0 saturated carbocycles. The summed E-state index contributed by atoms with van der Waals surface area (Å²) < 4.78 is 0. The van der Waals surface area contributed by atoms with E-state index in [1.54, 1.807) is 0 Å². The maximum atomic E-state index is 4.59. The third kappa shape index (κ3) is 2.55. The summed E-state index contributed by atoms with van der Waals surface area (Å²) in [6, 6.07) is 19.3. The van der Waals surface area contributed by atoms with Crippen molar-refractivity contribution in [3.63, 3.8) is 0 Å². The Labute approximate surface area is 125 Å². The number of benzene rings is 2. The Morgan fingerprint density at radius 3 is 2.52 bits per heavy atom. The lowest BCUT2D eigenvalue weighted by Gasteiger charge is -2.21. The second kappa shape index (κ2) is 6.06. The molecule has 0 aliphatic rings. The first-order chi connectivity index (χ1) is 10.3. The summed E-state index contributed by atoms with van der Waals surface area (Å²) in [5.74, 6) is 0. The van der Waals surface area contributed by atoms with E-state index in [-0.39, 0.29) is 6.04 Å². The van der Waals surface area contributed by atoms with Crippen LogP contribution in [0.2, 0.25) is 0 Å². The molecule has 1 heterocycles. The summed E-state index contributed by atoms with van der Waals surface area (Å²) in [6.45, 7) is 2.20. The zero-order valence-electron chi connectivity index (χ0n) is 12.5. The molecule has 0 spiro atoms. The first kappa shape index (κ1) is 13.8. The van der Waals surface area contributed by atoms with Crippen molar-refractivity contribution in [2.24, 2.45) is 0 Å². The predicted octanol–water partition coefficient (Wildman–Crippen LogP) is 4.11. The van der Waals surface area contributed by atoms with Crippen molar-refractivity contribution < 1.29 is 0 Å². The summed E-state index contributed by atoms with van der Waals surface area (Å²) in [5.41, 5.74) is 5.02. The quantitative estimate of drug-likeness (QED) is 0.776. The maximum absolute atomic E-state index is 4.59. The van der Waals surface area contributed by atoms with Gasteiger partial charge in [0.15, 0.2) is 0 Å². The van der Waals surface area contributed by atoms with E-state index in [0.717, 1.165) is 11.9 Å². The van der Waals surface area contributed by atoms with Gasteiger partial charge in [0.2, 0.25) is 0 Å². The number of fused-ring (bicyclic) bond motifs is 1. The first-order valence-electron chi connectivity index (χ1n) is 7.44. The average Bonchev–Trinajstić information content (AvgIpc) is 2.56. The van der Waals surface area contributed by atoms with Crippen molar-refractivity contribution in [3.05, 3.63) is 77.5 Å². The number of pyridine rings is 1. The van der Waals surface area contributed by atoms with E-state index < -0.39 is 0 Å². The number of hydrogen-bond acceptors (Lipinski definition) is 2. The molecule has 2 heteroatoms. The van der Waals surface area contributed by atoms with Gasteiger partial charge in [0.05, 0.1) is 11.6 Å². The Balaban J connectivity index is 2.19. The van der Waals surface area contributed by atoms with Crippen molar-refractivity contribution in [2.45, 2.75) is 19.4 Å². The number of hydrogen-bond donors (Lipinski definition) is 1. The van der Waals surface area contributed by atoms with E-state index in [1.165, 1.54) is 22.1 Å². The third-order valence-electron chi connectivity index (χ3n) is 4.01. The highest BCUT2D eigenvalue weighted by Crippen LogP contribution is 2.29. The minimum absolute atomic E-state index is 0.166. The van der Waals surface area contributed by atoms with Crippen LogP contribution in [-0.4, -0.2) is 12.0 Å². The Kier molecular flexibility index (Phi) is 3.98. The number of nitrogens with one attached hydrogen (secondary N) is 1. The fourth-order valence-electron chi connectivity index (χ4n) is 2.98. The number of para-hydroxylation sites is 1. The van der Waals surface area contributed by atoms with Crippen LogP contribution < -0.4 is 5.32 Å². The molecule has 106 valence electrons. The van der Waals surface area contributed by atoms with E-state index in [2.05, 4.69) is 65.8 Å². The van der Waals surface area contributed by atoms with Crippen molar-refractivity contribution >= 4 is 10.9 Å². The van der Waals surface area contributed by atoms with Gasteiger partial charge in [-0.1, -0.05) is 55.5 Å². The second-order valence-corrected chi connectivity index (χ2v) is 5.20. The lowest BCUT2D eigenvalue weighted by atomic mass is 9.92. The molecule has 0 fully saturated rings. The Hall–Kier alpha value is -2.19. The van der Waals surface area contributed by atoms with E-state index in [1.807, 2.05) is 19.3 Å².